The standard InChI is InChI=1S/C18H20O5/c1-4-22-18(20)12(2)23-15-11-10-14(19)16(17(15)21-3)13-8-6-5-7-9-13/h5-12,19H,4H2,1-3H3. The first-order chi connectivity index (χ1) is 11.1. The predicted molar refractivity (Wildman–Crippen MR) is 86.8 cm³/mol. The highest BCUT2D eigenvalue weighted by Crippen LogP contribution is 2.44. The molecule has 0 saturated heterocycles. The van der Waals surface area contributed by atoms with Crippen LogP contribution in [0.15, 0.2) is 42.5 Å². The summed E-state index contributed by atoms with van der Waals surface area (Å²) < 4.78 is 16.0. The Morgan fingerprint density at radius 2 is 1.87 bits per heavy atom. The monoisotopic (exact) mass is 316 g/mol. The highest BCUT2D eigenvalue weighted by atomic mass is 16.6. The van der Waals surface area contributed by atoms with Crippen molar-refractivity contribution < 1.29 is 24.1 Å². The Kier molecular flexibility index (Phi) is 5.46. The van der Waals surface area contributed by atoms with Crippen molar-refractivity contribution in [3.05, 3.63) is 42.5 Å². The summed E-state index contributed by atoms with van der Waals surface area (Å²) in [5.74, 6) is 0.352. The molecule has 1 atom stereocenters. The van der Waals surface area contributed by atoms with Gasteiger partial charge < -0.3 is 19.3 Å². The van der Waals surface area contributed by atoms with Crippen molar-refractivity contribution in [2.24, 2.45) is 0 Å². The largest absolute Gasteiger partial charge is 0.507 e. The van der Waals surface area contributed by atoms with Crippen molar-refractivity contribution in [2.75, 3.05) is 13.7 Å². The van der Waals surface area contributed by atoms with Crippen LogP contribution in [0.5, 0.6) is 17.2 Å². The molecule has 0 radical (unpaired) electrons. The summed E-state index contributed by atoms with van der Waals surface area (Å²) in [6.45, 7) is 3.63. The third-order valence-corrected chi connectivity index (χ3v) is 3.29. The smallest absolute Gasteiger partial charge is 0.347 e. The lowest BCUT2D eigenvalue weighted by Gasteiger charge is -2.18. The van der Waals surface area contributed by atoms with Crippen LogP contribution >= 0.6 is 0 Å². The van der Waals surface area contributed by atoms with Gasteiger partial charge in [0.25, 0.3) is 0 Å². The molecule has 5 nitrogen and oxygen atoms in total. The van der Waals surface area contributed by atoms with E-state index in [0.29, 0.717) is 17.1 Å². The number of phenolic OH excluding ortho intramolecular Hbond substituents is 1. The molecule has 1 N–H and O–H groups in total. The van der Waals surface area contributed by atoms with Gasteiger partial charge in [0.05, 0.1) is 19.3 Å². The van der Waals surface area contributed by atoms with Gasteiger partial charge in [0, 0.05) is 0 Å². The van der Waals surface area contributed by atoms with Crippen LogP contribution in [0.1, 0.15) is 13.8 Å². The Morgan fingerprint density at radius 3 is 2.48 bits per heavy atom. The van der Waals surface area contributed by atoms with E-state index in [4.69, 9.17) is 14.2 Å². The van der Waals surface area contributed by atoms with E-state index in [-0.39, 0.29) is 12.4 Å². The second-order valence-electron chi connectivity index (χ2n) is 4.87. The van der Waals surface area contributed by atoms with Gasteiger partial charge in [0.2, 0.25) is 0 Å². The van der Waals surface area contributed by atoms with Crippen molar-refractivity contribution in [1.82, 2.24) is 0 Å². The Balaban J connectivity index is 2.40. The van der Waals surface area contributed by atoms with E-state index in [1.165, 1.54) is 13.2 Å². The lowest BCUT2D eigenvalue weighted by atomic mass is 10.0. The fraction of sp³-hybridized carbons (Fsp3) is 0.278. The van der Waals surface area contributed by atoms with E-state index < -0.39 is 12.1 Å². The van der Waals surface area contributed by atoms with Gasteiger partial charge in [-0.2, -0.15) is 0 Å². The van der Waals surface area contributed by atoms with Crippen molar-refractivity contribution in [3.63, 3.8) is 0 Å². The second-order valence-corrected chi connectivity index (χ2v) is 4.87. The minimum atomic E-state index is -0.781. The molecular formula is C18H20O5. The number of hydrogen-bond acceptors (Lipinski definition) is 5. The fourth-order valence-corrected chi connectivity index (χ4v) is 2.23. The molecular weight excluding hydrogens is 296 g/mol. The summed E-state index contributed by atoms with van der Waals surface area (Å²) >= 11 is 0. The fourth-order valence-electron chi connectivity index (χ4n) is 2.23. The quantitative estimate of drug-likeness (QED) is 0.828. The van der Waals surface area contributed by atoms with Gasteiger partial charge in [-0.1, -0.05) is 30.3 Å². The first kappa shape index (κ1) is 16.7. The van der Waals surface area contributed by atoms with Gasteiger partial charge in [-0.15, -0.1) is 0 Å². The van der Waals surface area contributed by atoms with Crippen LogP contribution < -0.4 is 9.47 Å². The Morgan fingerprint density at radius 1 is 1.17 bits per heavy atom. The summed E-state index contributed by atoms with van der Waals surface area (Å²) in [5, 5.41) is 10.2. The van der Waals surface area contributed by atoms with Gasteiger partial charge in [0.15, 0.2) is 17.6 Å². The number of hydrogen-bond donors (Lipinski definition) is 1. The van der Waals surface area contributed by atoms with E-state index in [9.17, 15) is 9.90 Å². The predicted octanol–water partition coefficient (Wildman–Crippen LogP) is 3.40. The number of phenols is 1. The molecule has 0 aliphatic rings. The molecule has 0 saturated carbocycles. The molecule has 0 aliphatic carbocycles. The normalized spacial score (nSPS) is 11.6. The summed E-state index contributed by atoms with van der Waals surface area (Å²) in [7, 11) is 1.49. The molecule has 2 rings (SSSR count). The molecule has 5 heteroatoms. The number of carbonyl (C=O) groups is 1. The molecule has 2 aromatic carbocycles. The average molecular weight is 316 g/mol. The van der Waals surface area contributed by atoms with Gasteiger partial charge in [0.1, 0.15) is 5.75 Å². The van der Waals surface area contributed by atoms with Gasteiger partial charge >= 0.3 is 5.97 Å². The van der Waals surface area contributed by atoms with Crippen LogP contribution in [-0.4, -0.2) is 30.9 Å². The molecule has 0 aromatic heterocycles. The number of aromatic hydroxyl groups is 1. The molecule has 0 bridgehead atoms. The van der Waals surface area contributed by atoms with Crippen LogP contribution in [0.25, 0.3) is 11.1 Å². The van der Waals surface area contributed by atoms with E-state index in [1.54, 1.807) is 19.9 Å². The van der Waals surface area contributed by atoms with E-state index in [2.05, 4.69) is 0 Å². The van der Waals surface area contributed by atoms with E-state index in [1.807, 2.05) is 30.3 Å². The van der Waals surface area contributed by atoms with Gasteiger partial charge in [-0.3, -0.25) is 0 Å². The topological polar surface area (TPSA) is 65.0 Å². The molecule has 0 aliphatic heterocycles. The first-order valence-electron chi connectivity index (χ1n) is 7.37. The average Bonchev–Trinajstić information content (AvgIpc) is 2.57. The van der Waals surface area contributed by atoms with Crippen LogP contribution in [0.3, 0.4) is 0 Å². The molecule has 2 aromatic rings. The van der Waals surface area contributed by atoms with Crippen LogP contribution in [-0.2, 0) is 9.53 Å². The Bertz CT molecular complexity index is 667. The number of ether oxygens (including phenoxy) is 3. The SMILES string of the molecule is CCOC(=O)C(C)Oc1ccc(O)c(-c2ccccc2)c1OC. The molecule has 0 fully saturated rings. The zero-order valence-electron chi connectivity index (χ0n) is 13.4. The number of rotatable bonds is 6. The van der Waals surface area contributed by atoms with Gasteiger partial charge in [-0.25, -0.2) is 4.79 Å². The Labute approximate surface area is 135 Å². The zero-order valence-corrected chi connectivity index (χ0v) is 13.4. The van der Waals surface area contributed by atoms with E-state index in [0.717, 1.165) is 5.56 Å². The van der Waals surface area contributed by atoms with Crippen molar-refractivity contribution in [3.8, 4) is 28.4 Å². The number of esters is 1. The second kappa shape index (κ2) is 7.54. The minimum Gasteiger partial charge on any atom is -0.507 e. The molecule has 122 valence electrons. The molecule has 0 amide bonds. The zero-order chi connectivity index (χ0) is 16.8. The summed E-state index contributed by atoms with van der Waals surface area (Å²) in [4.78, 5) is 11.7. The summed E-state index contributed by atoms with van der Waals surface area (Å²) in [6.07, 6.45) is -0.781. The third-order valence-electron chi connectivity index (χ3n) is 3.29. The number of benzene rings is 2. The molecule has 0 heterocycles. The molecule has 1 unspecified atom stereocenters. The van der Waals surface area contributed by atoms with Crippen LogP contribution in [0.2, 0.25) is 0 Å². The Hall–Kier alpha value is -2.69. The van der Waals surface area contributed by atoms with Crippen molar-refractivity contribution in [2.45, 2.75) is 20.0 Å². The highest BCUT2D eigenvalue weighted by molar-refractivity contribution is 5.80. The maximum atomic E-state index is 11.7. The molecule has 0 spiro atoms. The lowest BCUT2D eigenvalue weighted by Crippen LogP contribution is -2.26. The minimum absolute atomic E-state index is 0.0733. The lowest BCUT2D eigenvalue weighted by molar-refractivity contribution is -0.150. The third kappa shape index (κ3) is 3.74. The van der Waals surface area contributed by atoms with Gasteiger partial charge in [-0.05, 0) is 31.5 Å². The van der Waals surface area contributed by atoms with Crippen LogP contribution in [0, 0.1) is 0 Å². The van der Waals surface area contributed by atoms with Crippen molar-refractivity contribution in [1.29, 1.82) is 0 Å². The van der Waals surface area contributed by atoms with Crippen molar-refractivity contribution >= 4 is 5.97 Å². The maximum absolute atomic E-state index is 11.7. The first-order valence-corrected chi connectivity index (χ1v) is 7.37. The van der Waals surface area contributed by atoms with E-state index >= 15 is 0 Å². The van der Waals surface area contributed by atoms with Crippen LogP contribution in [0.4, 0.5) is 0 Å². The molecule has 23 heavy (non-hydrogen) atoms. The maximum Gasteiger partial charge on any atom is 0.347 e. The number of methoxy groups -OCH3 is 1. The number of carbonyl (C=O) groups excluding carboxylic acids is 1. The summed E-state index contributed by atoms with van der Waals surface area (Å²) in [6, 6.07) is 12.4. The highest BCUT2D eigenvalue weighted by Gasteiger charge is 2.21. The summed E-state index contributed by atoms with van der Waals surface area (Å²) in [5.41, 5.74) is 1.30.